The zero-order valence-electron chi connectivity index (χ0n) is 8.36. The second-order valence-electron chi connectivity index (χ2n) is 3.26. The van der Waals surface area contributed by atoms with Crippen molar-refractivity contribution >= 4 is 16.8 Å². The van der Waals surface area contributed by atoms with Gasteiger partial charge in [0, 0.05) is 5.52 Å². The molecule has 0 unspecified atom stereocenters. The lowest BCUT2D eigenvalue weighted by atomic mass is 10.1. The van der Waals surface area contributed by atoms with Gasteiger partial charge in [0.05, 0.1) is 0 Å². The lowest BCUT2D eigenvalue weighted by Crippen LogP contribution is -2.30. The Balaban J connectivity index is 2.58. The molecule has 0 saturated carbocycles. The van der Waals surface area contributed by atoms with Crippen LogP contribution in [0.1, 0.15) is 10.4 Å². The van der Waals surface area contributed by atoms with Crippen molar-refractivity contribution < 1.29 is 9.90 Å². The van der Waals surface area contributed by atoms with Gasteiger partial charge in [-0.05, 0) is 17.5 Å². The highest BCUT2D eigenvalue weighted by Crippen LogP contribution is 2.09. The Hall–Kier alpha value is -2.14. The number of pyridine rings is 1. The molecule has 2 rings (SSSR count). The van der Waals surface area contributed by atoms with Gasteiger partial charge in [-0.1, -0.05) is 18.2 Å². The summed E-state index contributed by atoms with van der Waals surface area (Å²) in [6, 6.07) is 8.66. The summed E-state index contributed by atoms with van der Waals surface area (Å²) in [4.78, 5) is 25.6. The molecule has 0 aliphatic rings. The third kappa shape index (κ3) is 1.80. The Kier molecular flexibility index (Phi) is 2.70. The van der Waals surface area contributed by atoms with Crippen molar-refractivity contribution in [1.29, 1.82) is 0 Å². The number of aromatic nitrogens is 1. The molecule has 16 heavy (non-hydrogen) atoms. The van der Waals surface area contributed by atoms with Gasteiger partial charge in [0.15, 0.2) is 0 Å². The van der Waals surface area contributed by atoms with Gasteiger partial charge in [0.25, 0.3) is 11.5 Å². The van der Waals surface area contributed by atoms with Crippen LogP contribution in [0, 0.1) is 0 Å². The summed E-state index contributed by atoms with van der Waals surface area (Å²) in [6.07, 6.45) is 0. The summed E-state index contributed by atoms with van der Waals surface area (Å²) in [5.41, 5.74) is 0.199. The van der Waals surface area contributed by atoms with Crippen molar-refractivity contribution in [3.63, 3.8) is 0 Å². The standard InChI is InChI=1S/C11H10N2O3/c14-6-12-10(15)8-5-7-3-1-2-4-9(7)13-11(8)16/h1-5,14H,6H2,(H,12,15)(H,13,16). The lowest BCUT2D eigenvalue weighted by Gasteiger charge is -2.02. The minimum absolute atomic E-state index is 0.00671. The van der Waals surface area contributed by atoms with E-state index >= 15 is 0 Å². The summed E-state index contributed by atoms with van der Waals surface area (Å²) in [6.45, 7) is -0.495. The number of carbonyl (C=O) groups excluding carboxylic acids is 1. The quantitative estimate of drug-likeness (QED) is 0.630. The van der Waals surface area contributed by atoms with E-state index in [9.17, 15) is 9.59 Å². The minimum atomic E-state index is -0.588. The first-order valence-electron chi connectivity index (χ1n) is 4.73. The van der Waals surface area contributed by atoms with E-state index in [1.165, 1.54) is 6.07 Å². The van der Waals surface area contributed by atoms with E-state index in [2.05, 4.69) is 10.3 Å². The zero-order valence-corrected chi connectivity index (χ0v) is 8.36. The van der Waals surface area contributed by atoms with Crippen LogP contribution in [0.3, 0.4) is 0 Å². The van der Waals surface area contributed by atoms with Gasteiger partial charge in [-0.15, -0.1) is 0 Å². The molecule has 1 heterocycles. The molecule has 0 radical (unpaired) electrons. The Morgan fingerprint density at radius 1 is 1.38 bits per heavy atom. The van der Waals surface area contributed by atoms with Crippen molar-refractivity contribution in [3.8, 4) is 0 Å². The minimum Gasteiger partial charge on any atom is -0.376 e. The molecule has 0 aliphatic heterocycles. The van der Waals surface area contributed by atoms with Gasteiger partial charge < -0.3 is 15.4 Å². The normalized spacial score (nSPS) is 10.3. The van der Waals surface area contributed by atoms with E-state index in [1.807, 2.05) is 6.07 Å². The number of amides is 1. The Bertz CT molecular complexity index is 589. The Morgan fingerprint density at radius 2 is 2.12 bits per heavy atom. The van der Waals surface area contributed by atoms with Gasteiger partial charge in [0.2, 0.25) is 0 Å². The van der Waals surface area contributed by atoms with Gasteiger partial charge >= 0.3 is 0 Å². The summed E-state index contributed by atoms with van der Waals surface area (Å²) in [7, 11) is 0. The number of aliphatic hydroxyl groups is 1. The molecule has 0 atom stereocenters. The van der Waals surface area contributed by atoms with Crippen LogP contribution >= 0.6 is 0 Å². The number of H-pyrrole nitrogens is 1. The smallest absolute Gasteiger partial charge is 0.261 e. The van der Waals surface area contributed by atoms with Crippen molar-refractivity contribution in [3.05, 3.63) is 46.2 Å². The van der Waals surface area contributed by atoms with Crippen LogP contribution in [0.25, 0.3) is 10.9 Å². The van der Waals surface area contributed by atoms with Gasteiger partial charge in [-0.3, -0.25) is 9.59 Å². The van der Waals surface area contributed by atoms with E-state index < -0.39 is 18.2 Å². The summed E-state index contributed by atoms with van der Waals surface area (Å²) in [5.74, 6) is -0.588. The number of hydrogen-bond acceptors (Lipinski definition) is 3. The van der Waals surface area contributed by atoms with Crippen molar-refractivity contribution in [2.45, 2.75) is 0 Å². The Labute approximate surface area is 90.7 Å². The molecule has 0 fully saturated rings. The molecule has 1 aromatic carbocycles. The first-order chi connectivity index (χ1) is 7.72. The molecule has 3 N–H and O–H groups in total. The van der Waals surface area contributed by atoms with Crippen LogP contribution in [-0.2, 0) is 0 Å². The van der Waals surface area contributed by atoms with Gasteiger partial charge in [0.1, 0.15) is 12.3 Å². The lowest BCUT2D eigenvalue weighted by molar-refractivity contribution is 0.0909. The van der Waals surface area contributed by atoms with E-state index in [0.29, 0.717) is 5.52 Å². The average molecular weight is 218 g/mol. The monoisotopic (exact) mass is 218 g/mol. The molecule has 1 aromatic heterocycles. The molecule has 5 nitrogen and oxygen atoms in total. The zero-order chi connectivity index (χ0) is 11.5. The number of rotatable bonds is 2. The van der Waals surface area contributed by atoms with Crippen molar-refractivity contribution in [1.82, 2.24) is 10.3 Å². The van der Waals surface area contributed by atoms with Gasteiger partial charge in [-0.25, -0.2) is 0 Å². The molecule has 0 aliphatic carbocycles. The average Bonchev–Trinajstić information content (AvgIpc) is 2.28. The van der Waals surface area contributed by atoms with Crippen LogP contribution in [0.4, 0.5) is 0 Å². The number of para-hydroxylation sites is 1. The number of benzene rings is 1. The highest BCUT2D eigenvalue weighted by Gasteiger charge is 2.10. The second kappa shape index (κ2) is 4.16. The highest BCUT2D eigenvalue weighted by atomic mass is 16.3. The van der Waals surface area contributed by atoms with Crippen molar-refractivity contribution in [2.75, 3.05) is 6.73 Å². The van der Waals surface area contributed by atoms with E-state index in [4.69, 9.17) is 5.11 Å². The molecule has 1 amide bonds. The van der Waals surface area contributed by atoms with Gasteiger partial charge in [-0.2, -0.15) is 0 Å². The van der Waals surface area contributed by atoms with Crippen LogP contribution in [-0.4, -0.2) is 22.7 Å². The number of aromatic amines is 1. The molecule has 0 bridgehead atoms. The molecule has 82 valence electrons. The third-order valence-electron chi connectivity index (χ3n) is 2.24. The number of fused-ring (bicyclic) bond motifs is 1. The number of nitrogens with one attached hydrogen (secondary N) is 2. The maximum absolute atomic E-state index is 11.6. The number of carbonyl (C=O) groups is 1. The van der Waals surface area contributed by atoms with Crippen LogP contribution in [0.2, 0.25) is 0 Å². The van der Waals surface area contributed by atoms with E-state index in [0.717, 1.165) is 5.39 Å². The molecule has 2 aromatic rings. The molecule has 5 heteroatoms. The summed E-state index contributed by atoms with van der Waals surface area (Å²) in [5, 5.41) is 11.5. The van der Waals surface area contributed by atoms with Crippen LogP contribution in [0.15, 0.2) is 35.1 Å². The largest absolute Gasteiger partial charge is 0.376 e. The summed E-state index contributed by atoms with van der Waals surface area (Å²) >= 11 is 0. The highest BCUT2D eigenvalue weighted by molar-refractivity contribution is 5.97. The van der Waals surface area contributed by atoms with Crippen LogP contribution in [0.5, 0.6) is 0 Å². The van der Waals surface area contributed by atoms with Crippen molar-refractivity contribution in [2.24, 2.45) is 0 Å². The Morgan fingerprint density at radius 3 is 2.88 bits per heavy atom. The predicted octanol–water partition coefficient (Wildman–Crippen LogP) is 0.208. The van der Waals surface area contributed by atoms with E-state index in [-0.39, 0.29) is 5.56 Å². The molecular formula is C11H10N2O3. The second-order valence-corrected chi connectivity index (χ2v) is 3.26. The molecular weight excluding hydrogens is 208 g/mol. The van der Waals surface area contributed by atoms with E-state index in [1.54, 1.807) is 18.2 Å². The maximum atomic E-state index is 11.6. The molecule has 0 spiro atoms. The summed E-state index contributed by atoms with van der Waals surface area (Å²) < 4.78 is 0. The predicted molar refractivity (Wildman–Crippen MR) is 59.1 cm³/mol. The third-order valence-corrected chi connectivity index (χ3v) is 2.24. The first kappa shape index (κ1) is 10.4. The fourth-order valence-corrected chi connectivity index (χ4v) is 1.48. The first-order valence-corrected chi connectivity index (χ1v) is 4.73. The number of aliphatic hydroxyl groups excluding tert-OH is 1. The topological polar surface area (TPSA) is 82.2 Å². The SMILES string of the molecule is O=C(NCO)c1cc2ccccc2[nH]c1=O. The fraction of sp³-hybridized carbons (Fsp3) is 0.0909. The fourth-order valence-electron chi connectivity index (χ4n) is 1.48. The maximum Gasteiger partial charge on any atom is 0.261 e. The number of hydrogen-bond donors (Lipinski definition) is 3. The van der Waals surface area contributed by atoms with Crippen LogP contribution < -0.4 is 10.9 Å². The molecule has 0 saturated heterocycles.